The number of carbonyl (C=O) groups excluding carboxylic acids is 2. The van der Waals surface area contributed by atoms with E-state index in [1.54, 1.807) is 23.5 Å². The number of amides is 1. The van der Waals surface area contributed by atoms with Gasteiger partial charge in [-0.1, -0.05) is 18.2 Å². The second-order valence-electron chi connectivity index (χ2n) is 6.59. The van der Waals surface area contributed by atoms with Crippen LogP contribution in [0.2, 0.25) is 0 Å². The minimum atomic E-state index is -0.459. The molecule has 1 aromatic heterocycles. The summed E-state index contributed by atoms with van der Waals surface area (Å²) in [5.74, 6) is -0.312. The van der Waals surface area contributed by atoms with Gasteiger partial charge in [0.15, 0.2) is 5.78 Å². The molecule has 1 aliphatic heterocycles. The lowest BCUT2D eigenvalue weighted by Gasteiger charge is -2.34. The Morgan fingerprint density at radius 3 is 2.50 bits per heavy atom. The van der Waals surface area contributed by atoms with E-state index in [9.17, 15) is 19.7 Å². The quantitative estimate of drug-likeness (QED) is 0.661. The van der Waals surface area contributed by atoms with Gasteiger partial charge in [-0.2, -0.15) is 0 Å². The van der Waals surface area contributed by atoms with Gasteiger partial charge in [0.05, 0.1) is 4.92 Å². The molecule has 1 N–H and O–H groups in total. The van der Waals surface area contributed by atoms with E-state index in [0.29, 0.717) is 24.1 Å². The number of hydrogen-bond donors (Lipinski definition) is 1. The number of nitrogens with one attached hydrogen (secondary N) is 1. The molecule has 132 valence electrons. The smallest absolute Gasteiger partial charge is 0.269 e. The number of nitro benzene ring substituents is 1. The van der Waals surface area contributed by atoms with Gasteiger partial charge in [0.1, 0.15) is 0 Å². The highest BCUT2D eigenvalue weighted by Crippen LogP contribution is 2.43. The van der Waals surface area contributed by atoms with E-state index in [-0.39, 0.29) is 35.6 Å². The molecule has 2 atom stereocenters. The summed E-state index contributed by atoms with van der Waals surface area (Å²) in [7, 11) is 0. The molecule has 1 aromatic carbocycles. The number of thiophene rings is 1. The van der Waals surface area contributed by atoms with E-state index >= 15 is 0 Å². The zero-order chi connectivity index (χ0) is 18.3. The van der Waals surface area contributed by atoms with Gasteiger partial charge >= 0.3 is 0 Å². The maximum atomic E-state index is 12.9. The highest BCUT2D eigenvalue weighted by molar-refractivity contribution is 7.10. The van der Waals surface area contributed by atoms with Gasteiger partial charge in [-0.05, 0) is 23.4 Å². The second-order valence-corrected chi connectivity index (χ2v) is 7.57. The van der Waals surface area contributed by atoms with Crippen molar-refractivity contribution in [2.75, 3.05) is 0 Å². The summed E-state index contributed by atoms with van der Waals surface area (Å²) in [6, 6.07) is 10.1. The van der Waals surface area contributed by atoms with Crippen molar-refractivity contribution >= 4 is 28.7 Å². The molecule has 26 heavy (non-hydrogen) atoms. The number of nitro groups is 1. The fourth-order valence-corrected chi connectivity index (χ4v) is 4.63. The van der Waals surface area contributed by atoms with Crippen molar-refractivity contribution in [3.05, 3.63) is 73.6 Å². The molecule has 2 aromatic rings. The Morgan fingerprint density at radius 2 is 1.85 bits per heavy atom. The van der Waals surface area contributed by atoms with Crippen LogP contribution in [-0.2, 0) is 9.59 Å². The largest absolute Gasteiger partial charge is 0.329 e. The van der Waals surface area contributed by atoms with E-state index < -0.39 is 4.92 Å². The van der Waals surface area contributed by atoms with Crippen LogP contribution in [0.25, 0.3) is 0 Å². The summed E-state index contributed by atoms with van der Waals surface area (Å²) < 4.78 is 0. The van der Waals surface area contributed by atoms with Crippen LogP contribution < -0.4 is 5.32 Å². The number of Topliss-reactive ketones (excluding diaryl/α,β-unsaturated/α-hetero) is 1. The first kappa shape index (κ1) is 16.7. The molecule has 0 saturated heterocycles. The number of benzene rings is 1. The average Bonchev–Trinajstić information content (AvgIpc) is 3.15. The summed E-state index contributed by atoms with van der Waals surface area (Å²) in [5, 5.41) is 15.7. The number of hydrogen-bond acceptors (Lipinski definition) is 5. The van der Waals surface area contributed by atoms with E-state index in [0.717, 1.165) is 10.4 Å². The van der Waals surface area contributed by atoms with Gasteiger partial charge in [-0.15, -0.1) is 11.3 Å². The number of nitrogens with zero attached hydrogens (tertiary/aromatic N) is 1. The molecule has 1 aliphatic carbocycles. The fraction of sp³-hybridized carbons (Fsp3) is 0.263. The molecule has 1 amide bonds. The van der Waals surface area contributed by atoms with Crippen LogP contribution in [0.5, 0.6) is 0 Å². The number of non-ortho nitro benzene ring substituents is 1. The van der Waals surface area contributed by atoms with Crippen LogP contribution in [-0.4, -0.2) is 16.6 Å². The minimum absolute atomic E-state index is 0.00376. The van der Waals surface area contributed by atoms with Crippen molar-refractivity contribution in [1.82, 2.24) is 5.32 Å². The van der Waals surface area contributed by atoms with Crippen LogP contribution in [0, 0.1) is 10.1 Å². The molecule has 0 fully saturated rings. The monoisotopic (exact) mass is 368 g/mol. The second kappa shape index (κ2) is 6.49. The van der Waals surface area contributed by atoms with Gasteiger partial charge in [0, 0.05) is 53.0 Å². The first-order valence-corrected chi connectivity index (χ1v) is 9.24. The first-order valence-electron chi connectivity index (χ1n) is 8.36. The molecule has 7 heteroatoms. The zero-order valence-electron chi connectivity index (χ0n) is 13.8. The Labute approximate surface area is 153 Å². The standard InChI is InChI=1S/C19H16N2O4S/c22-16-9-12(17-2-1-7-26-17)8-15-19(16)14(10-18(23)20-15)11-3-5-13(6-4-11)21(24)25/h1-7,12,14H,8-10H2,(H,20,23)/t12-,14+/m0/s1. The molecular formula is C19H16N2O4S. The summed E-state index contributed by atoms with van der Waals surface area (Å²) in [6.07, 6.45) is 1.25. The van der Waals surface area contributed by atoms with Crippen molar-refractivity contribution in [1.29, 1.82) is 0 Å². The maximum Gasteiger partial charge on any atom is 0.269 e. The molecule has 0 saturated carbocycles. The van der Waals surface area contributed by atoms with Crippen LogP contribution in [0.4, 0.5) is 5.69 Å². The molecule has 0 unspecified atom stereocenters. The van der Waals surface area contributed by atoms with E-state index in [1.807, 2.05) is 17.5 Å². The molecule has 6 nitrogen and oxygen atoms in total. The highest BCUT2D eigenvalue weighted by Gasteiger charge is 2.38. The van der Waals surface area contributed by atoms with Crippen molar-refractivity contribution < 1.29 is 14.5 Å². The molecular weight excluding hydrogens is 352 g/mol. The van der Waals surface area contributed by atoms with Crippen molar-refractivity contribution in [2.45, 2.75) is 31.1 Å². The van der Waals surface area contributed by atoms with Crippen molar-refractivity contribution in [3.8, 4) is 0 Å². The SMILES string of the molecule is O=C1C[C@H](c2ccc([N+](=O)[O-])cc2)C2=C(C[C@H](c3cccs3)CC2=O)N1. The minimum Gasteiger partial charge on any atom is -0.329 e. The maximum absolute atomic E-state index is 12.9. The Bertz CT molecular complexity index is 916. The van der Waals surface area contributed by atoms with Crippen LogP contribution in [0.15, 0.2) is 53.0 Å². The predicted octanol–water partition coefficient (Wildman–Crippen LogP) is 3.66. The van der Waals surface area contributed by atoms with Gasteiger partial charge in [0.2, 0.25) is 5.91 Å². The van der Waals surface area contributed by atoms with Gasteiger partial charge in [-0.3, -0.25) is 19.7 Å². The molecule has 0 radical (unpaired) electrons. The van der Waals surface area contributed by atoms with Crippen molar-refractivity contribution in [2.24, 2.45) is 0 Å². The number of rotatable bonds is 3. The Kier molecular flexibility index (Phi) is 4.16. The summed E-state index contributed by atoms with van der Waals surface area (Å²) in [5.41, 5.74) is 2.13. The third-order valence-corrected chi connectivity index (χ3v) is 6.02. The average molecular weight is 368 g/mol. The lowest BCUT2D eigenvalue weighted by Crippen LogP contribution is -2.38. The number of allylic oxidation sites excluding steroid dienone is 2. The predicted molar refractivity (Wildman–Crippen MR) is 96.9 cm³/mol. The summed E-state index contributed by atoms with van der Waals surface area (Å²) in [4.78, 5) is 36.6. The zero-order valence-corrected chi connectivity index (χ0v) is 14.6. The lowest BCUT2D eigenvalue weighted by molar-refractivity contribution is -0.384. The highest BCUT2D eigenvalue weighted by atomic mass is 32.1. The van der Waals surface area contributed by atoms with Crippen molar-refractivity contribution in [3.63, 3.8) is 0 Å². The van der Waals surface area contributed by atoms with E-state index in [1.165, 1.54) is 12.1 Å². The van der Waals surface area contributed by atoms with Gasteiger partial charge < -0.3 is 5.32 Å². The topological polar surface area (TPSA) is 89.3 Å². The van der Waals surface area contributed by atoms with Crippen LogP contribution in [0.1, 0.15) is 41.5 Å². The Balaban J connectivity index is 1.70. The molecule has 4 rings (SSSR count). The fourth-order valence-electron chi connectivity index (χ4n) is 3.80. The van der Waals surface area contributed by atoms with Gasteiger partial charge in [0.25, 0.3) is 5.69 Å². The van der Waals surface area contributed by atoms with E-state index in [2.05, 4.69) is 5.32 Å². The molecule has 2 heterocycles. The number of ketones is 1. The molecule has 2 aliphatic rings. The third kappa shape index (κ3) is 2.94. The first-order chi connectivity index (χ1) is 12.5. The number of carbonyl (C=O) groups is 2. The summed E-state index contributed by atoms with van der Waals surface area (Å²) >= 11 is 1.62. The lowest BCUT2D eigenvalue weighted by atomic mass is 9.75. The Morgan fingerprint density at radius 1 is 1.08 bits per heavy atom. The molecule has 0 bridgehead atoms. The normalized spacial score (nSPS) is 22.8. The van der Waals surface area contributed by atoms with E-state index in [4.69, 9.17) is 0 Å². The third-order valence-electron chi connectivity index (χ3n) is 4.99. The van der Waals surface area contributed by atoms with Gasteiger partial charge in [-0.25, -0.2) is 0 Å². The Hall–Kier alpha value is -2.80. The van der Waals surface area contributed by atoms with Crippen LogP contribution >= 0.6 is 11.3 Å². The molecule has 0 spiro atoms. The summed E-state index contributed by atoms with van der Waals surface area (Å²) in [6.45, 7) is 0. The van der Waals surface area contributed by atoms with Crippen LogP contribution in [0.3, 0.4) is 0 Å².